The van der Waals surface area contributed by atoms with Gasteiger partial charge in [0.25, 0.3) is 5.91 Å². The topological polar surface area (TPSA) is 90.7 Å². The molecule has 1 heterocycles. The van der Waals surface area contributed by atoms with Crippen LogP contribution >= 0.6 is 15.9 Å². The maximum Gasteiger partial charge on any atom is 0.338 e. The van der Waals surface area contributed by atoms with E-state index < -0.39 is 5.97 Å². The average Bonchev–Trinajstić information content (AvgIpc) is 2.45. The summed E-state index contributed by atoms with van der Waals surface area (Å²) >= 11 is 3.25. The molecule has 6 nitrogen and oxygen atoms in total. The molecule has 3 N–H and O–H groups in total. The van der Waals surface area contributed by atoms with Crippen LogP contribution in [0.1, 0.15) is 23.2 Å². The van der Waals surface area contributed by atoms with Gasteiger partial charge in [0.2, 0.25) is 0 Å². The molecule has 2 rings (SSSR count). The Balaban J connectivity index is 1.81. The summed E-state index contributed by atoms with van der Waals surface area (Å²) in [5.74, 6) is -0.886. The molecule has 0 unspecified atom stereocenters. The van der Waals surface area contributed by atoms with Gasteiger partial charge in [-0.25, -0.2) is 4.79 Å². The molecule has 1 aliphatic heterocycles. The smallest absolute Gasteiger partial charge is 0.338 e. The Morgan fingerprint density at radius 3 is 2.71 bits per heavy atom. The van der Waals surface area contributed by atoms with Gasteiger partial charge in [-0.15, -0.1) is 0 Å². The molecular weight excluding hydrogens is 340 g/mol. The molecule has 0 atom stereocenters. The molecule has 1 aliphatic rings. The molecule has 1 aromatic carbocycles. The molecule has 0 aliphatic carbocycles. The monoisotopic (exact) mass is 356 g/mol. The van der Waals surface area contributed by atoms with Crippen LogP contribution in [0.15, 0.2) is 22.7 Å². The van der Waals surface area contributed by atoms with E-state index in [1.54, 1.807) is 12.1 Å². The lowest BCUT2D eigenvalue weighted by Gasteiger charge is -2.22. The number of nitrogens with one attached hydrogen (secondary N) is 1. The summed E-state index contributed by atoms with van der Waals surface area (Å²) in [5, 5.41) is 2.82. The number of ether oxygens (including phenoxy) is 2. The van der Waals surface area contributed by atoms with Crippen molar-refractivity contribution in [1.29, 1.82) is 0 Å². The van der Waals surface area contributed by atoms with Crippen LogP contribution in [-0.4, -0.2) is 37.7 Å². The van der Waals surface area contributed by atoms with Gasteiger partial charge in [-0.05, 0) is 31.0 Å². The van der Waals surface area contributed by atoms with Crippen LogP contribution in [0, 0.1) is 0 Å². The lowest BCUT2D eigenvalue weighted by molar-refractivity contribution is -0.125. The van der Waals surface area contributed by atoms with Gasteiger partial charge in [-0.1, -0.05) is 15.9 Å². The molecule has 1 amide bonds. The van der Waals surface area contributed by atoms with Crippen LogP contribution < -0.4 is 11.1 Å². The molecule has 21 heavy (non-hydrogen) atoms. The van der Waals surface area contributed by atoms with Crippen molar-refractivity contribution in [2.75, 3.05) is 25.6 Å². The Bertz CT molecular complexity index is 509. The van der Waals surface area contributed by atoms with E-state index in [9.17, 15) is 9.59 Å². The molecule has 1 aromatic rings. The van der Waals surface area contributed by atoms with Gasteiger partial charge in [-0.2, -0.15) is 0 Å². The Morgan fingerprint density at radius 1 is 1.33 bits per heavy atom. The number of amides is 1. The first kappa shape index (κ1) is 15.8. The van der Waals surface area contributed by atoms with E-state index in [4.69, 9.17) is 15.2 Å². The fourth-order valence-electron chi connectivity index (χ4n) is 2.06. The Kier molecular flexibility index (Phi) is 5.58. The average molecular weight is 357 g/mol. The van der Waals surface area contributed by atoms with E-state index in [0.29, 0.717) is 28.9 Å². The molecule has 114 valence electrons. The summed E-state index contributed by atoms with van der Waals surface area (Å²) in [6.45, 7) is 0.979. The van der Waals surface area contributed by atoms with Gasteiger partial charge in [0.15, 0.2) is 6.61 Å². The number of carbonyl (C=O) groups is 2. The summed E-state index contributed by atoms with van der Waals surface area (Å²) in [6.07, 6.45) is 1.56. The van der Waals surface area contributed by atoms with Gasteiger partial charge in [-0.3, -0.25) is 4.79 Å². The van der Waals surface area contributed by atoms with Crippen LogP contribution in [0.25, 0.3) is 0 Å². The molecule has 0 spiro atoms. The Labute approximate surface area is 131 Å². The minimum absolute atomic E-state index is 0.0893. The van der Waals surface area contributed by atoms with Crippen molar-refractivity contribution >= 4 is 33.5 Å². The number of halogens is 1. The fourth-order valence-corrected chi connectivity index (χ4v) is 2.57. The minimum atomic E-state index is -0.579. The first-order valence-electron chi connectivity index (χ1n) is 6.65. The van der Waals surface area contributed by atoms with E-state index in [1.807, 2.05) is 0 Å². The molecule has 0 radical (unpaired) electrons. The van der Waals surface area contributed by atoms with Crippen LogP contribution in [0.2, 0.25) is 0 Å². The largest absolute Gasteiger partial charge is 0.452 e. The summed E-state index contributed by atoms with van der Waals surface area (Å²) in [4.78, 5) is 23.6. The van der Waals surface area contributed by atoms with E-state index in [1.165, 1.54) is 6.07 Å². The van der Waals surface area contributed by atoms with Crippen molar-refractivity contribution in [2.24, 2.45) is 0 Å². The first-order chi connectivity index (χ1) is 10.0. The van der Waals surface area contributed by atoms with Crippen LogP contribution in [0.5, 0.6) is 0 Å². The zero-order chi connectivity index (χ0) is 15.2. The number of nitrogens with two attached hydrogens (primary N) is 1. The lowest BCUT2D eigenvalue weighted by Crippen LogP contribution is -2.41. The standard InChI is InChI=1S/C14H17BrN2O4/c15-10-5-9(6-11(16)7-10)14(19)21-8-13(18)17-12-1-3-20-4-2-12/h5-7,12H,1-4,8,16H2,(H,17,18). The molecule has 0 saturated carbocycles. The third-order valence-corrected chi connectivity index (χ3v) is 3.53. The maximum atomic E-state index is 11.8. The number of hydrogen-bond donors (Lipinski definition) is 2. The Morgan fingerprint density at radius 2 is 2.05 bits per heavy atom. The van der Waals surface area contributed by atoms with Gasteiger partial charge < -0.3 is 20.5 Å². The summed E-state index contributed by atoms with van der Waals surface area (Å²) in [5.41, 5.74) is 6.40. The first-order valence-corrected chi connectivity index (χ1v) is 7.44. The third-order valence-electron chi connectivity index (χ3n) is 3.08. The summed E-state index contributed by atoms with van der Waals surface area (Å²) < 4.78 is 10.9. The van der Waals surface area contributed by atoms with Crippen molar-refractivity contribution in [1.82, 2.24) is 5.32 Å². The second kappa shape index (κ2) is 7.42. The van der Waals surface area contributed by atoms with Crippen LogP contribution in [0.3, 0.4) is 0 Å². The van der Waals surface area contributed by atoms with Gasteiger partial charge in [0, 0.05) is 29.4 Å². The molecule has 0 bridgehead atoms. The van der Waals surface area contributed by atoms with Gasteiger partial charge >= 0.3 is 5.97 Å². The Hall–Kier alpha value is -1.60. The van der Waals surface area contributed by atoms with Crippen LogP contribution in [0.4, 0.5) is 5.69 Å². The number of carbonyl (C=O) groups excluding carboxylic acids is 2. The van der Waals surface area contributed by atoms with E-state index >= 15 is 0 Å². The predicted molar refractivity (Wildman–Crippen MR) is 80.8 cm³/mol. The zero-order valence-electron chi connectivity index (χ0n) is 11.4. The zero-order valence-corrected chi connectivity index (χ0v) is 13.0. The highest BCUT2D eigenvalue weighted by Gasteiger charge is 2.17. The van der Waals surface area contributed by atoms with Gasteiger partial charge in [0.1, 0.15) is 0 Å². The molecule has 0 aromatic heterocycles. The number of esters is 1. The number of benzene rings is 1. The molecule has 1 saturated heterocycles. The molecule has 1 fully saturated rings. The normalized spacial score (nSPS) is 15.5. The molecule has 7 heteroatoms. The number of hydrogen-bond acceptors (Lipinski definition) is 5. The predicted octanol–water partition coefficient (Wildman–Crippen LogP) is 1.48. The number of anilines is 1. The fraction of sp³-hybridized carbons (Fsp3) is 0.429. The maximum absolute atomic E-state index is 11.8. The quantitative estimate of drug-likeness (QED) is 0.629. The van der Waals surface area contributed by atoms with Crippen molar-refractivity contribution in [3.05, 3.63) is 28.2 Å². The molecular formula is C14H17BrN2O4. The van der Waals surface area contributed by atoms with Crippen molar-refractivity contribution in [3.63, 3.8) is 0 Å². The summed E-state index contributed by atoms with van der Waals surface area (Å²) in [6, 6.07) is 4.86. The highest BCUT2D eigenvalue weighted by atomic mass is 79.9. The van der Waals surface area contributed by atoms with Gasteiger partial charge in [0.05, 0.1) is 5.56 Å². The second-order valence-electron chi connectivity index (χ2n) is 4.80. The van der Waals surface area contributed by atoms with E-state index in [-0.39, 0.29) is 18.6 Å². The summed E-state index contributed by atoms with van der Waals surface area (Å²) in [7, 11) is 0. The van der Waals surface area contributed by atoms with Crippen molar-refractivity contribution in [2.45, 2.75) is 18.9 Å². The van der Waals surface area contributed by atoms with Crippen molar-refractivity contribution < 1.29 is 19.1 Å². The van der Waals surface area contributed by atoms with Crippen molar-refractivity contribution in [3.8, 4) is 0 Å². The van der Waals surface area contributed by atoms with E-state index in [2.05, 4.69) is 21.2 Å². The van der Waals surface area contributed by atoms with E-state index in [0.717, 1.165) is 12.8 Å². The number of nitrogen functional groups attached to an aromatic ring is 1. The van der Waals surface area contributed by atoms with Crippen LogP contribution in [-0.2, 0) is 14.3 Å². The minimum Gasteiger partial charge on any atom is -0.452 e. The highest BCUT2D eigenvalue weighted by Crippen LogP contribution is 2.17. The number of rotatable bonds is 4. The third kappa shape index (κ3) is 5.02. The second-order valence-corrected chi connectivity index (χ2v) is 5.72. The lowest BCUT2D eigenvalue weighted by atomic mass is 10.1. The highest BCUT2D eigenvalue weighted by molar-refractivity contribution is 9.10. The SMILES string of the molecule is Nc1cc(Br)cc(C(=O)OCC(=O)NC2CCOCC2)c1.